The molecule has 1 aromatic carbocycles. The third kappa shape index (κ3) is 2.93. The quantitative estimate of drug-likeness (QED) is 0.867. The number of fused-ring (bicyclic) bond motifs is 1. The summed E-state index contributed by atoms with van der Waals surface area (Å²) in [5.41, 5.74) is 0.559. The largest absolute Gasteiger partial charge is 0.354 e. The predicted molar refractivity (Wildman–Crippen MR) is 81.9 cm³/mol. The molecule has 21 heavy (non-hydrogen) atoms. The molecule has 1 amide bonds. The van der Waals surface area contributed by atoms with Crippen LogP contribution in [0.25, 0.3) is 0 Å². The van der Waals surface area contributed by atoms with Crippen LogP contribution in [-0.2, 0) is 4.79 Å². The Bertz CT molecular complexity index is 591. The molecule has 1 N–H and O–H groups in total. The van der Waals surface area contributed by atoms with Crippen LogP contribution in [0, 0.1) is 5.92 Å². The molecule has 0 bridgehead atoms. The number of halogens is 2. The summed E-state index contributed by atoms with van der Waals surface area (Å²) in [6.45, 7) is 1.80. The van der Waals surface area contributed by atoms with Gasteiger partial charge in [-0.3, -0.25) is 14.5 Å². The molecule has 0 aromatic heterocycles. The summed E-state index contributed by atoms with van der Waals surface area (Å²) in [6.07, 6.45) is 1.86. The molecule has 2 unspecified atom stereocenters. The number of ketones is 1. The number of nitrogens with zero attached hydrogens (tertiary/aromatic N) is 1. The zero-order valence-electron chi connectivity index (χ0n) is 11.4. The summed E-state index contributed by atoms with van der Waals surface area (Å²) in [7, 11) is 0. The molecule has 2 aliphatic rings. The molecular weight excluding hydrogens is 311 g/mol. The first kappa shape index (κ1) is 14.8. The Kier molecular flexibility index (Phi) is 4.20. The minimum absolute atomic E-state index is 0.00793. The molecule has 0 spiro atoms. The first-order valence-electron chi connectivity index (χ1n) is 7.06. The van der Waals surface area contributed by atoms with Crippen LogP contribution in [0.1, 0.15) is 23.2 Å². The number of likely N-dealkylation sites (tertiary alicyclic amines) is 1. The van der Waals surface area contributed by atoms with Crippen molar-refractivity contribution in [2.24, 2.45) is 5.92 Å². The molecule has 0 radical (unpaired) electrons. The standard InChI is InChI=1S/C15H16Cl2N2O2/c16-11-4-3-9(6-12(11)17)14(20)8-19-5-1-2-10-13(19)7-18-15(10)21/h3-4,6,10,13H,1-2,5,7-8H2,(H,18,21). The number of nitrogens with one attached hydrogen (secondary N) is 1. The summed E-state index contributed by atoms with van der Waals surface area (Å²) in [4.78, 5) is 26.2. The van der Waals surface area contributed by atoms with Crippen LogP contribution in [0.2, 0.25) is 10.0 Å². The van der Waals surface area contributed by atoms with Crippen molar-refractivity contribution in [1.29, 1.82) is 0 Å². The number of amides is 1. The van der Waals surface area contributed by atoms with Crippen molar-refractivity contribution in [2.45, 2.75) is 18.9 Å². The van der Waals surface area contributed by atoms with E-state index < -0.39 is 0 Å². The van der Waals surface area contributed by atoms with Gasteiger partial charge in [0, 0.05) is 18.2 Å². The van der Waals surface area contributed by atoms with Crippen molar-refractivity contribution in [3.63, 3.8) is 0 Å². The lowest BCUT2D eigenvalue weighted by atomic mass is 9.91. The molecule has 0 saturated carbocycles. The molecule has 112 valence electrons. The fourth-order valence-electron chi connectivity index (χ4n) is 3.18. The Morgan fingerprint density at radius 3 is 2.90 bits per heavy atom. The van der Waals surface area contributed by atoms with Gasteiger partial charge in [0.1, 0.15) is 0 Å². The van der Waals surface area contributed by atoms with Crippen molar-refractivity contribution in [3.05, 3.63) is 33.8 Å². The molecule has 2 fully saturated rings. The van der Waals surface area contributed by atoms with Crippen LogP contribution in [0.5, 0.6) is 0 Å². The average molecular weight is 327 g/mol. The third-order valence-corrected chi connectivity index (χ3v) is 5.04. The highest BCUT2D eigenvalue weighted by atomic mass is 35.5. The SMILES string of the molecule is O=C(CN1CCCC2C(=O)NCC21)c1ccc(Cl)c(Cl)c1. The van der Waals surface area contributed by atoms with Crippen molar-refractivity contribution in [1.82, 2.24) is 10.2 Å². The Hall–Kier alpha value is -1.10. The van der Waals surface area contributed by atoms with E-state index in [1.807, 2.05) is 0 Å². The first-order chi connectivity index (χ1) is 10.1. The highest BCUT2D eigenvalue weighted by Crippen LogP contribution is 2.28. The van der Waals surface area contributed by atoms with Crippen molar-refractivity contribution >= 4 is 34.9 Å². The van der Waals surface area contributed by atoms with E-state index in [1.165, 1.54) is 0 Å². The van der Waals surface area contributed by atoms with Gasteiger partial charge >= 0.3 is 0 Å². The van der Waals surface area contributed by atoms with E-state index in [4.69, 9.17) is 23.2 Å². The van der Waals surface area contributed by atoms with Gasteiger partial charge in [-0.2, -0.15) is 0 Å². The van der Waals surface area contributed by atoms with Crippen LogP contribution in [0.4, 0.5) is 0 Å². The Morgan fingerprint density at radius 2 is 2.14 bits per heavy atom. The Balaban J connectivity index is 1.72. The number of piperidine rings is 1. The molecule has 6 heteroatoms. The topological polar surface area (TPSA) is 49.4 Å². The van der Waals surface area contributed by atoms with Gasteiger partial charge in [-0.25, -0.2) is 0 Å². The van der Waals surface area contributed by atoms with Crippen LogP contribution in [0.3, 0.4) is 0 Å². The minimum Gasteiger partial charge on any atom is -0.354 e. The first-order valence-corrected chi connectivity index (χ1v) is 7.82. The maximum absolute atomic E-state index is 12.4. The fourth-order valence-corrected chi connectivity index (χ4v) is 3.48. The van der Waals surface area contributed by atoms with Crippen LogP contribution in [0.15, 0.2) is 18.2 Å². The summed E-state index contributed by atoms with van der Waals surface area (Å²) >= 11 is 11.8. The number of carbonyl (C=O) groups is 2. The number of rotatable bonds is 3. The molecule has 2 aliphatic heterocycles. The van der Waals surface area contributed by atoms with Gasteiger partial charge < -0.3 is 5.32 Å². The van der Waals surface area contributed by atoms with Crippen LogP contribution in [-0.4, -0.2) is 42.3 Å². The van der Waals surface area contributed by atoms with Crippen LogP contribution >= 0.6 is 23.2 Å². The maximum atomic E-state index is 12.4. The van der Waals surface area contributed by atoms with Crippen molar-refractivity contribution in [2.75, 3.05) is 19.6 Å². The third-order valence-electron chi connectivity index (χ3n) is 4.30. The van der Waals surface area contributed by atoms with Gasteiger partial charge in [-0.1, -0.05) is 23.2 Å². The van der Waals surface area contributed by atoms with Gasteiger partial charge in [0.25, 0.3) is 0 Å². The van der Waals surface area contributed by atoms with Crippen molar-refractivity contribution in [3.8, 4) is 0 Å². The summed E-state index contributed by atoms with van der Waals surface area (Å²) in [5.74, 6) is 0.153. The van der Waals surface area contributed by atoms with Crippen molar-refractivity contribution < 1.29 is 9.59 Å². The second-order valence-electron chi connectivity index (χ2n) is 5.58. The van der Waals surface area contributed by atoms with Gasteiger partial charge in [-0.05, 0) is 37.6 Å². The lowest BCUT2D eigenvalue weighted by molar-refractivity contribution is -0.124. The van der Waals surface area contributed by atoms with E-state index >= 15 is 0 Å². The summed E-state index contributed by atoms with van der Waals surface area (Å²) in [6, 6.07) is 5.07. The molecule has 0 aliphatic carbocycles. The Labute approximate surface area is 133 Å². The van der Waals surface area contributed by atoms with Gasteiger partial charge in [0.2, 0.25) is 5.91 Å². The molecule has 2 heterocycles. The number of carbonyl (C=O) groups excluding carboxylic acids is 2. The molecule has 3 rings (SSSR count). The van der Waals surface area contributed by atoms with E-state index in [1.54, 1.807) is 18.2 Å². The second-order valence-corrected chi connectivity index (χ2v) is 6.40. The number of benzene rings is 1. The summed E-state index contributed by atoms with van der Waals surface area (Å²) in [5, 5.41) is 3.72. The smallest absolute Gasteiger partial charge is 0.224 e. The minimum atomic E-state index is 0.00793. The van der Waals surface area contributed by atoms with Gasteiger partial charge in [-0.15, -0.1) is 0 Å². The monoisotopic (exact) mass is 326 g/mol. The van der Waals surface area contributed by atoms with E-state index in [0.29, 0.717) is 28.7 Å². The molecule has 1 aromatic rings. The maximum Gasteiger partial charge on any atom is 0.224 e. The zero-order chi connectivity index (χ0) is 15.0. The van der Waals surface area contributed by atoms with Gasteiger partial charge in [0.15, 0.2) is 5.78 Å². The van der Waals surface area contributed by atoms with E-state index in [2.05, 4.69) is 10.2 Å². The second kappa shape index (κ2) is 5.95. The molecular formula is C15H16Cl2N2O2. The summed E-state index contributed by atoms with van der Waals surface area (Å²) < 4.78 is 0. The lowest BCUT2D eigenvalue weighted by Gasteiger charge is -2.35. The van der Waals surface area contributed by atoms with E-state index in [-0.39, 0.29) is 23.7 Å². The number of hydrogen-bond acceptors (Lipinski definition) is 3. The normalized spacial score (nSPS) is 25.5. The lowest BCUT2D eigenvalue weighted by Crippen LogP contribution is -2.47. The zero-order valence-corrected chi connectivity index (χ0v) is 13.0. The Morgan fingerprint density at radius 1 is 1.33 bits per heavy atom. The van der Waals surface area contributed by atoms with E-state index in [0.717, 1.165) is 19.4 Å². The van der Waals surface area contributed by atoms with Crippen LogP contribution < -0.4 is 5.32 Å². The molecule has 2 saturated heterocycles. The van der Waals surface area contributed by atoms with Gasteiger partial charge in [0.05, 0.1) is 22.5 Å². The highest BCUT2D eigenvalue weighted by molar-refractivity contribution is 6.42. The predicted octanol–water partition coefficient (Wildman–Crippen LogP) is 2.39. The van der Waals surface area contributed by atoms with E-state index in [9.17, 15) is 9.59 Å². The number of Topliss-reactive ketones (excluding diaryl/α,β-unsaturated/α-hetero) is 1. The highest BCUT2D eigenvalue weighted by Gasteiger charge is 2.41. The number of hydrogen-bond donors (Lipinski definition) is 1. The molecule has 2 atom stereocenters. The molecule has 4 nitrogen and oxygen atoms in total. The fraction of sp³-hybridized carbons (Fsp3) is 0.467. The average Bonchev–Trinajstić information content (AvgIpc) is 2.85.